The number of carbonyl (C=O) groups is 2. The van der Waals surface area contributed by atoms with Crippen molar-refractivity contribution in [1.82, 2.24) is 5.32 Å². The Morgan fingerprint density at radius 3 is 2.74 bits per heavy atom. The fourth-order valence-electron chi connectivity index (χ4n) is 1.44. The normalized spacial score (nSPS) is 11.7. The molecule has 0 fully saturated rings. The molecule has 0 aliphatic carbocycles. The van der Waals surface area contributed by atoms with E-state index in [9.17, 15) is 14.7 Å². The summed E-state index contributed by atoms with van der Waals surface area (Å²) in [6.45, 7) is 5.26. The molecule has 0 aliphatic heterocycles. The number of nitrogens with one attached hydrogen (secondary N) is 1. The summed E-state index contributed by atoms with van der Waals surface area (Å²) in [5.74, 6) is -1.21. The molecule has 0 aliphatic rings. The number of rotatable bonds is 5. The van der Waals surface area contributed by atoms with Gasteiger partial charge in [0.05, 0.1) is 0 Å². The zero-order chi connectivity index (χ0) is 14.4. The Balaban J connectivity index is 2.56. The maximum atomic E-state index is 11.7. The molecule has 0 saturated carbocycles. The van der Waals surface area contributed by atoms with Gasteiger partial charge in [-0.25, -0.2) is 4.79 Å². The number of esters is 1. The van der Waals surface area contributed by atoms with Gasteiger partial charge in [-0.15, -0.1) is 0 Å². The molecule has 0 spiro atoms. The number of carbonyl (C=O) groups excluding carboxylic acids is 2. The number of phenolic OH excluding ortho intramolecular Hbond substituents is 1. The lowest BCUT2D eigenvalue weighted by Gasteiger charge is -2.11. The highest BCUT2D eigenvalue weighted by Gasteiger charge is 2.15. The Morgan fingerprint density at radius 2 is 2.11 bits per heavy atom. The van der Waals surface area contributed by atoms with Crippen molar-refractivity contribution in [2.75, 3.05) is 6.61 Å². The summed E-state index contributed by atoms with van der Waals surface area (Å²) in [6.07, 6.45) is 0.804. The monoisotopic (exact) mass is 265 g/mol. The van der Waals surface area contributed by atoms with Crippen molar-refractivity contribution in [2.45, 2.75) is 33.2 Å². The lowest BCUT2D eigenvalue weighted by Crippen LogP contribution is -2.35. The highest BCUT2D eigenvalue weighted by Crippen LogP contribution is 2.18. The van der Waals surface area contributed by atoms with Crippen LogP contribution in [0.2, 0.25) is 0 Å². The standard InChI is InChI=1S/C14H19NO4/c1-4-10(3)15-13(17)8-19-14(18)11-7-9(2)5-6-12(11)16/h5-7,10,16H,4,8H2,1-3H3,(H,15,17)/t10-/m0/s1. The lowest BCUT2D eigenvalue weighted by atomic mass is 10.1. The van der Waals surface area contributed by atoms with Gasteiger partial charge >= 0.3 is 5.97 Å². The summed E-state index contributed by atoms with van der Waals surface area (Å²) in [5, 5.41) is 12.2. The van der Waals surface area contributed by atoms with Crippen molar-refractivity contribution >= 4 is 11.9 Å². The Hall–Kier alpha value is -2.04. The van der Waals surface area contributed by atoms with Gasteiger partial charge in [0, 0.05) is 6.04 Å². The molecule has 1 aromatic carbocycles. The summed E-state index contributed by atoms with van der Waals surface area (Å²) < 4.78 is 4.86. The number of benzene rings is 1. The van der Waals surface area contributed by atoms with Crippen LogP contribution in [-0.4, -0.2) is 29.6 Å². The first kappa shape index (κ1) is 15.0. The van der Waals surface area contributed by atoms with Crippen molar-refractivity contribution < 1.29 is 19.4 Å². The van der Waals surface area contributed by atoms with E-state index in [-0.39, 0.29) is 29.9 Å². The minimum Gasteiger partial charge on any atom is -0.507 e. The Kier molecular flexibility index (Phi) is 5.36. The number of aromatic hydroxyl groups is 1. The molecular formula is C14H19NO4. The molecule has 5 nitrogen and oxygen atoms in total. The van der Waals surface area contributed by atoms with Crippen molar-refractivity contribution in [3.63, 3.8) is 0 Å². The minimum absolute atomic E-state index is 0.0403. The quantitative estimate of drug-likeness (QED) is 0.796. The second-order valence-electron chi connectivity index (χ2n) is 4.47. The van der Waals surface area contributed by atoms with E-state index in [1.807, 2.05) is 13.8 Å². The second kappa shape index (κ2) is 6.78. The molecule has 0 bridgehead atoms. The summed E-state index contributed by atoms with van der Waals surface area (Å²) in [5.41, 5.74) is 0.894. The van der Waals surface area contributed by atoms with Crippen molar-refractivity contribution in [2.24, 2.45) is 0 Å². The van der Waals surface area contributed by atoms with Gasteiger partial charge in [-0.1, -0.05) is 18.6 Å². The van der Waals surface area contributed by atoms with E-state index < -0.39 is 5.97 Å². The Bertz CT molecular complexity index is 471. The molecule has 5 heteroatoms. The van der Waals surface area contributed by atoms with E-state index in [0.717, 1.165) is 12.0 Å². The molecule has 19 heavy (non-hydrogen) atoms. The number of aryl methyl sites for hydroxylation is 1. The SMILES string of the molecule is CC[C@H](C)NC(=O)COC(=O)c1cc(C)ccc1O. The van der Waals surface area contributed by atoms with Crippen LogP contribution in [0.3, 0.4) is 0 Å². The predicted molar refractivity (Wildman–Crippen MR) is 71.0 cm³/mol. The van der Waals surface area contributed by atoms with Gasteiger partial charge in [0.1, 0.15) is 11.3 Å². The van der Waals surface area contributed by atoms with Crippen LogP contribution in [0.4, 0.5) is 0 Å². The molecule has 1 rings (SSSR count). The number of ether oxygens (including phenoxy) is 1. The lowest BCUT2D eigenvalue weighted by molar-refractivity contribution is -0.124. The van der Waals surface area contributed by atoms with E-state index in [1.165, 1.54) is 12.1 Å². The summed E-state index contributed by atoms with van der Waals surface area (Å²) >= 11 is 0. The molecule has 0 aromatic heterocycles. The van der Waals surface area contributed by atoms with Crippen molar-refractivity contribution in [3.05, 3.63) is 29.3 Å². The van der Waals surface area contributed by atoms with Gasteiger partial charge in [0.2, 0.25) is 0 Å². The van der Waals surface area contributed by atoms with Crippen LogP contribution in [0.25, 0.3) is 0 Å². The first-order chi connectivity index (χ1) is 8.93. The fourth-order valence-corrected chi connectivity index (χ4v) is 1.44. The van der Waals surface area contributed by atoms with E-state index in [1.54, 1.807) is 13.0 Å². The van der Waals surface area contributed by atoms with Gasteiger partial charge in [-0.3, -0.25) is 4.79 Å². The van der Waals surface area contributed by atoms with Gasteiger partial charge in [0.15, 0.2) is 6.61 Å². The topological polar surface area (TPSA) is 75.6 Å². The molecule has 0 unspecified atom stereocenters. The molecular weight excluding hydrogens is 246 g/mol. The maximum Gasteiger partial charge on any atom is 0.342 e. The smallest absolute Gasteiger partial charge is 0.342 e. The first-order valence-electron chi connectivity index (χ1n) is 6.20. The van der Waals surface area contributed by atoms with Gasteiger partial charge in [-0.2, -0.15) is 0 Å². The van der Waals surface area contributed by atoms with E-state index >= 15 is 0 Å². The number of phenols is 1. The van der Waals surface area contributed by atoms with Crippen LogP contribution >= 0.6 is 0 Å². The van der Waals surface area contributed by atoms with E-state index in [0.29, 0.717) is 0 Å². The minimum atomic E-state index is -0.708. The third kappa shape index (κ3) is 4.62. The Morgan fingerprint density at radius 1 is 1.42 bits per heavy atom. The third-order valence-corrected chi connectivity index (χ3v) is 2.73. The molecule has 0 radical (unpaired) electrons. The highest BCUT2D eigenvalue weighted by atomic mass is 16.5. The number of amides is 1. The first-order valence-corrected chi connectivity index (χ1v) is 6.20. The van der Waals surface area contributed by atoms with Crippen LogP contribution < -0.4 is 5.32 Å². The highest BCUT2D eigenvalue weighted by molar-refractivity contribution is 5.94. The van der Waals surface area contributed by atoms with Crippen LogP contribution in [0.1, 0.15) is 36.2 Å². The molecule has 2 N–H and O–H groups in total. The fraction of sp³-hybridized carbons (Fsp3) is 0.429. The van der Waals surface area contributed by atoms with Crippen LogP contribution in [0.5, 0.6) is 5.75 Å². The third-order valence-electron chi connectivity index (χ3n) is 2.73. The molecule has 0 heterocycles. The van der Waals surface area contributed by atoms with Crippen molar-refractivity contribution in [3.8, 4) is 5.75 Å². The van der Waals surface area contributed by atoms with E-state index in [2.05, 4.69) is 5.32 Å². The zero-order valence-corrected chi connectivity index (χ0v) is 11.4. The molecule has 0 saturated heterocycles. The maximum absolute atomic E-state index is 11.7. The van der Waals surface area contributed by atoms with Gasteiger partial charge in [0.25, 0.3) is 5.91 Å². The summed E-state index contributed by atoms with van der Waals surface area (Å²) in [7, 11) is 0. The predicted octanol–water partition coefficient (Wildman–Crippen LogP) is 1.77. The van der Waals surface area contributed by atoms with Crippen LogP contribution in [0.15, 0.2) is 18.2 Å². The zero-order valence-electron chi connectivity index (χ0n) is 11.4. The Labute approximate surface area is 112 Å². The summed E-state index contributed by atoms with van der Waals surface area (Å²) in [6, 6.07) is 4.66. The van der Waals surface area contributed by atoms with Crippen LogP contribution in [-0.2, 0) is 9.53 Å². The summed E-state index contributed by atoms with van der Waals surface area (Å²) in [4.78, 5) is 23.2. The average Bonchev–Trinajstić information content (AvgIpc) is 2.38. The molecule has 1 aromatic rings. The van der Waals surface area contributed by atoms with Crippen LogP contribution in [0, 0.1) is 6.92 Å². The molecule has 1 atom stereocenters. The largest absolute Gasteiger partial charge is 0.507 e. The van der Waals surface area contributed by atoms with Gasteiger partial charge in [-0.05, 0) is 32.4 Å². The van der Waals surface area contributed by atoms with Gasteiger partial charge < -0.3 is 15.2 Å². The number of hydrogen-bond donors (Lipinski definition) is 2. The average molecular weight is 265 g/mol. The second-order valence-corrected chi connectivity index (χ2v) is 4.47. The number of hydrogen-bond acceptors (Lipinski definition) is 4. The van der Waals surface area contributed by atoms with Crippen molar-refractivity contribution in [1.29, 1.82) is 0 Å². The van der Waals surface area contributed by atoms with E-state index in [4.69, 9.17) is 4.74 Å². The molecule has 104 valence electrons. The molecule has 1 amide bonds.